The minimum absolute atomic E-state index is 0.0162. The molecule has 0 unspecified atom stereocenters. The SMILES string of the molecule is CC1(CCN)OCCO1.CC1(CCNS(=O)(=O)C(F)(F)F)OCCO1. The number of ether oxygens (including phenoxy) is 4. The van der Waals surface area contributed by atoms with Crippen LogP contribution in [0.2, 0.25) is 0 Å². The van der Waals surface area contributed by atoms with Crippen LogP contribution in [0.25, 0.3) is 0 Å². The van der Waals surface area contributed by atoms with Gasteiger partial charge in [-0.25, -0.2) is 13.1 Å². The Morgan fingerprint density at radius 2 is 1.36 bits per heavy atom. The van der Waals surface area contributed by atoms with Crippen molar-refractivity contribution >= 4 is 10.0 Å². The third-order valence-corrected chi connectivity index (χ3v) is 4.76. The van der Waals surface area contributed by atoms with Crippen molar-refractivity contribution in [2.45, 2.75) is 43.8 Å². The predicted octanol–water partition coefficient (Wildman–Crippen LogP) is 0.677. The predicted molar refractivity (Wildman–Crippen MR) is 81.9 cm³/mol. The van der Waals surface area contributed by atoms with Crippen molar-refractivity contribution in [3.05, 3.63) is 0 Å². The normalized spacial score (nSPS) is 22.5. The fourth-order valence-corrected chi connectivity index (χ4v) is 2.69. The van der Waals surface area contributed by atoms with Crippen molar-refractivity contribution in [2.24, 2.45) is 5.73 Å². The molecular weight excluding hydrogens is 369 g/mol. The monoisotopic (exact) mass is 394 g/mol. The van der Waals surface area contributed by atoms with Crippen LogP contribution in [0.1, 0.15) is 26.7 Å². The highest BCUT2D eigenvalue weighted by Crippen LogP contribution is 2.24. The molecule has 2 fully saturated rings. The van der Waals surface area contributed by atoms with E-state index in [9.17, 15) is 21.6 Å². The van der Waals surface area contributed by atoms with Gasteiger partial charge in [-0.05, 0) is 20.4 Å². The molecule has 2 aliphatic heterocycles. The lowest BCUT2D eigenvalue weighted by Crippen LogP contribution is -2.39. The minimum atomic E-state index is -5.29. The van der Waals surface area contributed by atoms with Gasteiger partial charge in [0.2, 0.25) is 0 Å². The number of nitrogens with two attached hydrogens (primary N) is 1. The molecular formula is C13H25F3N2O6S. The Bertz CT molecular complexity index is 502. The fraction of sp³-hybridized carbons (Fsp3) is 1.00. The Kier molecular flexibility index (Phi) is 8.05. The molecule has 0 aromatic heterocycles. The first kappa shape index (κ1) is 22.5. The number of rotatable bonds is 6. The maximum absolute atomic E-state index is 11.9. The molecule has 2 saturated heterocycles. The first-order valence-corrected chi connectivity index (χ1v) is 9.23. The molecule has 3 N–H and O–H groups in total. The molecule has 0 amide bonds. The van der Waals surface area contributed by atoms with Crippen LogP contribution in [0.15, 0.2) is 0 Å². The van der Waals surface area contributed by atoms with Gasteiger partial charge in [0.15, 0.2) is 11.6 Å². The van der Waals surface area contributed by atoms with E-state index in [1.165, 1.54) is 4.72 Å². The number of hydrogen-bond donors (Lipinski definition) is 2. The molecule has 0 aromatic carbocycles. The quantitative estimate of drug-likeness (QED) is 0.682. The second-order valence-electron chi connectivity index (χ2n) is 5.79. The summed E-state index contributed by atoms with van der Waals surface area (Å²) in [6.07, 6.45) is 0.801. The summed E-state index contributed by atoms with van der Waals surface area (Å²) >= 11 is 0. The van der Waals surface area contributed by atoms with Crippen molar-refractivity contribution in [2.75, 3.05) is 39.5 Å². The third-order valence-electron chi connectivity index (χ3n) is 3.57. The Morgan fingerprint density at radius 3 is 1.72 bits per heavy atom. The van der Waals surface area contributed by atoms with Crippen LogP contribution in [0.4, 0.5) is 13.2 Å². The van der Waals surface area contributed by atoms with Gasteiger partial charge in [-0.15, -0.1) is 0 Å². The van der Waals surface area contributed by atoms with Crippen molar-refractivity contribution < 1.29 is 40.5 Å². The first-order valence-electron chi connectivity index (χ1n) is 7.75. The van der Waals surface area contributed by atoms with Crippen LogP contribution in [-0.4, -0.2) is 65.0 Å². The van der Waals surface area contributed by atoms with Crippen molar-refractivity contribution in [1.82, 2.24) is 4.72 Å². The molecule has 0 radical (unpaired) electrons. The molecule has 0 saturated carbocycles. The van der Waals surface area contributed by atoms with Crippen LogP contribution < -0.4 is 10.5 Å². The number of alkyl halides is 3. The molecule has 25 heavy (non-hydrogen) atoms. The highest BCUT2D eigenvalue weighted by Gasteiger charge is 2.45. The van der Waals surface area contributed by atoms with Gasteiger partial charge in [0, 0.05) is 19.4 Å². The highest BCUT2D eigenvalue weighted by molar-refractivity contribution is 7.90. The molecule has 2 heterocycles. The molecule has 0 bridgehead atoms. The van der Waals surface area contributed by atoms with Gasteiger partial charge in [0.05, 0.1) is 26.4 Å². The van der Waals surface area contributed by atoms with Crippen molar-refractivity contribution in [3.63, 3.8) is 0 Å². The lowest BCUT2D eigenvalue weighted by molar-refractivity contribution is -0.145. The van der Waals surface area contributed by atoms with E-state index >= 15 is 0 Å². The van der Waals surface area contributed by atoms with Crippen LogP contribution >= 0.6 is 0 Å². The Hall–Kier alpha value is -0.500. The van der Waals surface area contributed by atoms with Crippen molar-refractivity contribution in [1.29, 1.82) is 0 Å². The molecule has 2 rings (SSSR count). The van der Waals surface area contributed by atoms with E-state index in [2.05, 4.69) is 0 Å². The summed E-state index contributed by atoms with van der Waals surface area (Å²) < 4.78 is 79.2. The second-order valence-corrected chi connectivity index (χ2v) is 7.55. The second kappa shape index (κ2) is 8.93. The number of halogens is 3. The smallest absolute Gasteiger partial charge is 0.348 e. The van der Waals surface area contributed by atoms with E-state index in [-0.39, 0.29) is 12.2 Å². The maximum atomic E-state index is 11.9. The lowest BCUT2D eigenvalue weighted by Gasteiger charge is -2.22. The zero-order valence-electron chi connectivity index (χ0n) is 14.2. The number of sulfonamides is 1. The first-order chi connectivity index (χ1) is 11.4. The largest absolute Gasteiger partial charge is 0.511 e. The molecule has 0 spiro atoms. The molecule has 2 aliphatic rings. The van der Waals surface area contributed by atoms with Crippen molar-refractivity contribution in [3.8, 4) is 0 Å². The topological polar surface area (TPSA) is 109 Å². The summed E-state index contributed by atoms with van der Waals surface area (Å²) in [6.45, 7) is 5.81. The lowest BCUT2D eigenvalue weighted by atomic mass is 10.2. The fourth-order valence-electron chi connectivity index (χ4n) is 2.16. The van der Waals surface area contributed by atoms with E-state index in [4.69, 9.17) is 24.7 Å². The van der Waals surface area contributed by atoms with Gasteiger partial charge >= 0.3 is 15.5 Å². The average molecular weight is 394 g/mol. The molecule has 150 valence electrons. The highest BCUT2D eigenvalue weighted by atomic mass is 32.2. The van der Waals surface area contributed by atoms with E-state index in [0.717, 1.165) is 6.42 Å². The Balaban J connectivity index is 0.000000293. The van der Waals surface area contributed by atoms with E-state index in [0.29, 0.717) is 33.0 Å². The summed E-state index contributed by atoms with van der Waals surface area (Å²) in [4.78, 5) is 0. The molecule has 0 aliphatic carbocycles. The molecule has 8 nitrogen and oxygen atoms in total. The molecule has 0 aromatic rings. The zero-order valence-corrected chi connectivity index (χ0v) is 15.0. The Labute approximate surface area is 145 Å². The van der Waals surface area contributed by atoms with Gasteiger partial charge in [0.1, 0.15) is 0 Å². The summed E-state index contributed by atoms with van der Waals surface area (Å²) in [5, 5.41) is 0. The average Bonchev–Trinajstić information content (AvgIpc) is 3.08. The zero-order chi connectivity index (χ0) is 19.2. The van der Waals surface area contributed by atoms with Gasteiger partial charge in [-0.3, -0.25) is 0 Å². The van der Waals surface area contributed by atoms with Gasteiger partial charge in [-0.2, -0.15) is 13.2 Å². The van der Waals surface area contributed by atoms with Gasteiger partial charge in [-0.1, -0.05) is 0 Å². The van der Waals surface area contributed by atoms with Gasteiger partial charge < -0.3 is 24.7 Å². The van der Waals surface area contributed by atoms with Crippen LogP contribution in [0.5, 0.6) is 0 Å². The summed E-state index contributed by atoms with van der Waals surface area (Å²) in [7, 11) is -5.28. The maximum Gasteiger partial charge on any atom is 0.511 e. The van der Waals surface area contributed by atoms with E-state index in [1.807, 2.05) is 6.92 Å². The van der Waals surface area contributed by atoms with Crippen LogP contribution in [0.3, 0.4) is 0 Å². The number of nitrogens with one attached hydrogen (secondary N) is 1. The molecule has 0 atom stereocenters. The molecule has 12 heteroatoms. The van der Waals surface area contributed by atoms with Gasteiger partial charge in [0.25, 0.3) is 0 Å². The van der Waals surface area contributed by atoms with E-state index in [1.54, 1.807) is 6.92 Å². The summed E-state index contributed by atoms with van der Waals surface area (Å²) in [5.41, 5.74) is 0.0471. The minimum Gasteiger partial charge on any atom is -0.348 e. The van der Waals surface area contributed by atoms with Crippen LogP contribution in [-0.2, 0) is 29.0 Å². The Morgan fingerprint density at radius 1 is 0.960 bits per heavy atom. The summed E-state index contributed by atoms with van der Waals surface area (Å²) in [5.74, 6) is -1.39. The standard InChI is InChI=1S/C7H12F3NO4S.C6H13NO2/c1-6(14-4-5-15-6)2-3-11-16(12,13)7(8,9)10;1-6(2-3-7)8-4-5-9-6/h11H,2-5H2,1H3;2-5,7H2,1H3. The van der Waals surface area contributed by atoms with Crippen LogP contribution in [0, 0.1) is 0 Å². The summed E-state index contributed by atoms with van der Waals surface area (Å²) in [6, 6.07) is 0. The van der Waals surface area contributed by atoms with E-state index < -0.39 is 27.9 Å². The number of hydrogen-bond acceptors (Lipinski definition) is 7. The third kappa shape index (κ3) is 7.33.